The summed E-state index contributed by atoms with van der Waals surface area (Å²) >= 11 is 0. The number of methoxy groups -OCH3 is 1. The predicted octanol–water partition coefficient (Wildman–Crippen LogP) is 4.15. The zero-order chi connectivity index (χ0) is 23.3. The van der Waals surface area contributed by atoms with Gasteiger partial charge in [0.2, 0.25) is 5.91 Å². The fraction of sp³-hybridized carbons (Fsp3) is 0.292. The molecule has 0 atom stereocenters. The lowest BCUT2D eigenvalue weighted by Crippen LogP contribution is -2.36. The Kier molecular flexibility index (Phi) is 7.25. The van der Waals surface area contributed by atoms with Crippen molar-refractivity contribution in [2.24, 2.45) is 0 Å². The first-order valence-electron chi connectivity index (χ1n) is 10.2. The zero-order valence-electron chi connectivity index (χ0n) is 18.7. The minimum atomic E-state index is -3.89. The first-order valence-corrected chi connectivity index (χ1v) is 11.7. The van der Waals surface area contributed by atoms with Crippen LogP contribution in [0.2, 0.25) is 0 Å². The molecular formula is C24H28N2O5S. The lowest BCUT2D eigenvalue weighted by molar-refractivity contribution is -0.130. The van der Waals surface area contributed by atoms with Crippen molar-refractivity contribution in [3.05, 3.63) is 77.7 Å². The predicted molar refractivity (Wildman–Crippen MR) is 123 cm³/mol. The molecule has 0 saturated heterocycles. The summed E-state index contributed by atoms with van der Waals surface area (Å²) in [7, 11) is -0.673. The average molecular weight is 457 g/mol. The quantitative estimate of drug-likeness (QED) is 0.483. The Balaban J connectivity index is 1.87. The molecule has 0 fully saturated rings. The Morgan fingerprint density at radius 1 is 1.06 bits per heavy atom. The Morgan fingerprint density at radius 3 is 2.38 bits per heavy atom. The molecule has 0 aliphatic heterocycles. The van der Waals surface area contributed by atoms with Gasteiger partial charge in [0.15, 0.2) is 0 Å². The van der Waals surface area contributed by atoms with E-state index in [1.807, 2.05) is 13.0 Å². The lowest BCUT2D eigenvalue weighted by Gasteiger charge is -2.26. The first-order chi connectivity index (χ1) is 15.2. The van der Waals surface area contributed by atoms with Gasteiger partial charge in [-0.15, -0.1) is 0 Å². The van der Waals surface area contributed by atoms with Gasteiger partial charge in [-0.3, -0.25) is 9.10 Å². The van der Waals surface area contributed by atoms with E-state index in [2.05, 4.69) is 0 Å². The van der Waals surface area contributed by atoms with Crippen molar-refractivity contribution in [2.75, 3.05) is 25.0 Å². The highest BCUT2D eigenvalue weighted by atomic mass is 32.2. The monoisotopic (exact) mass is 456 g/mol. The maximum absolute atomic E-state index is 13.6. The number of sulfonamides is 1. The Morgan fingerprint density at radius 2 is 1.78 bits per heavy atom. The van der Waals surface area contributed by atoms with Gasteiger partial charge in [-0.05, 0) is 61.9 Å². The van der Waals surface area contributed by atoms with E-state index in [-0.39, 0.29) is 23.8 Å². The molecule has 1 amide bonds. The van der Waals surface area contributed by atoms with Crippen LogP contribution in [0.4, 0.5) is 5.69 Å². The van der Waals surface area contributed by atoms with Crippen molar-refractivity contribution in [2.45, 2.75) is 31.7 Å². The standard InChI is InChI=1S/C24H28N2O5S/c1-18-7-12-23(19(2)16-18)32(28,29)26(20-8-10-21(30-4)11-9-20)14-13-24(27)25(3)17-22-6-5-15-31-22/h5-12,15-16H,13-14,17H2,1-4H3. The van der Waals surface area contributed by atoms with Gasteiger partial charge in [0.1, 0.15) is 11.5 Å². The minimum Gasteiger partial charge on any atom is -0.497 e. The van der Waals surface area contributed by atoms with Crippen LogP contribution in [0.15, 0.2) is 70.2 Å². The van der Waals surface area contributed by atoms with Crippen molar-refractivity contribution in [3.63, 3.8) is 0 Å². The molecule has 3 rings (SSSR count). The van der Waals surface area contributed by atoms with Gasteiger partial charge >= 0.3 is 0 Å². The van der Waals surface area contributed by atoms with E-state index in [0.29, 0.717) is 29.3 Å². The largest absolute Gasteiger partial charge is 0.497 e. The molecule has 0 radical (unpaired) electrons. The van der Waals surface area contributed by atoms with Crippen LogP contribution in [-0.2, 0) is 21.4 Å². The van der Waals surface area contributed by atoms with E-state index in [1.165, 1.54) is 9.21 Å². The molecule has 32 heavy (non-hydrogen) atoms. The molecule has 0 spiro atoms. The number of rotatable bonds is 9. The van der Waals surface area contributed by atoms with E-state index in [0.717, 1.165) is 5.56 Å². The van der Waals surface area contributed by atoms with Crippen molar-refractivity contribution < 1.29 is 22.4 Å². The fourth-order valence-corrected chi connectivity index (χ4v) is 5.13. The van der Waals surface area contributed by atoms with Crippen LogP contribution < -0.4 is 9.04 Å². The van der Waals surface area contributed by atoms with Crippen LogP contribution in [0.1, 0.15) is 23.3 Å². The van der Waals surface area contributed by atoms with Crippen molar-refractivity contribution in [1.82, 2.24) is 4.90 Å². The number of hydrogen-bond acceptors (Lipinski definition) is 5. The molecule has 170 valence electrons. The number of carbonyl (C=O) groups excluding carboxylic acids is 1. The van der Waals surface area contributed by atoms with E-state index in [1.54, 1.807) is 75.9 Å². The molecule has 2 aromatic carbocycles. The summed E-state index contributed by atoms with van der Waals surface area (Å²) in [5.74, 6) is 1.10. The highest BCUT2D eigenvalue weighted by Crippen LogP contribution is 2.28. The molecule has 7 nitrogen and oxygen atoms in total. The smallest absolute Gasteiger partial charge is 0.264 e. The molecule has 3 aromatic rings. The van der Waals surface area contributed by atoms with Gasteiger partial charge in [0.05, 0.1) is 30.5 Å². The number of benzene rings is 2. The fourth-order valence-electron chi connectivity index (χ4n) is 3.46. The zero-order valence-corrected chi connectivity index (χ0v) is 19.6. The van der Waals surface area contributed by atoms with Gasteiger partial charge in [0, 0.05) is 20.0 Å². The maximum atomic E-state index is 13.6. The third-order valence-electron chi connectivity index (χ3n) is 5.19. The lowest BCUT2D eigenvalue weighted by atomic mass is 10.2. The number of aryl methyl sites for hydroxylation is 2. The van der Waals surface area contributed by atoms with Crippen molar-refractivity contribution in [1.29, 1.82) is 0 Å². The molecule has 1 aromatic heterocycles. The summed E-state index contributed by atoms with van der Waals surface area (Å²) < 4.78 is 39.0. The van der Waals surface area contributed by atoms with E-state index < -0.39 is 10.0 Å². The van der Waals surface area contributed by atoms with Gasteiger partial charge in [-0.25, -0.2) is 8.42 Å². The van der Waals surface area contributed by atoms with Crippen LogP contribution in [0, 0.1) is 13.8 Å². The highest BCUT2D eigenvalue weighted by Gasteiger charge is 2.27. The van der Waals surface area contributed by atoms with Crippen LogP contribution in [0.25, 0.3) is 0 Å². The highest BCUT2D eigenvalue weighted by molar-refractivity contribution is 7.92. The van der Waals surface area contributed by atoms with E-state index in [9.17, 15) is 13.2 Å². The number of ether oxygens (including phenoxy) is 1. The third-order valence-corrected chi connectivity index (χ3v) is 7.17. The third kappa shape index (κ3) is 5.31. The SMILES string of the molecule is COc1ccc(N(CCC(=O)N(C)Cc2ccco2)S(=O)(=O)c2ccc(C)cc2C)cc1. The number of hydrogen-bond donors (Lipinski definition) is 0. The normalized spacial score (nSPS) is 11.2. The molecule has 0 bridgehead atoms. The maximum Gasteiger partial charge on any atom is 0.264 e. The topological polar surface area (TPSA) is 80.1 Å². The molecule has 0 saturated carbocycles. The van der Waals surface area contributed by atoms with Crippen molar-refractivity contribution >= 4 is 21.6 Å². The van der Waals surface area contributed by atoms with Crippen LogP contribution in [0.5, 0.6) is 5.75 Å². The summed E-state index contributed by atoms with van der Waals surface area (Å²) in [6.45, 7) is 4.01. The van der Waals surface area contributed by atoms with Crippen LogP contribution in [0.3, 0.4) is 0 Å². The molecule has 8 heteroatoms. The van der Waals surface area contributed by atoms with Gasteiger partial charge in [0.25, 0.3) is 10.0 Å². The number of anilines is 1. The Hall–Kier alpha value is -3.26. The summed E-state index contributed by atoms with van der Waals surface area (Å²) in [6, 6.07) is 15.5. The Bertz CT molecular complexity index is 1160. The van der Waals surface area contributed by atoms with Crippen LogP contribution >= 0.6 is 0 Å². The van der Waals surface area contributed by atoms with E-state index in [4.69, 9.17) is 9.15 Å². The number of amides is 1. The second kappa shape index (κ2) is 9.91. The second-order valence-electron chi connectivity index (χ2n) is 7.62. The first kappa shape index (κ1) is 23.4. The number of furan rings is 1. The molecule has 0 aliphatic carbocycles. The summed E-state index contributed by atoms with van der Waals surface area (Å²) in [6.07, 6.45) is 1.57. The van der Waals surface area contributed by atoms with E-state index >= 15 is 0 Å². The summed E-state index contributed by atoms with van der Waals surface area (Å²) in [5, 5.41) is 0. The number of nitrogens with zero attached hydrogens (tertiary/aromatic N) is 2. The number of carbonyl (C=O) groups is 1. The minimum absolute atomic E-state index is 0.00328. The average Bonchev–Trinajstić information content (AvgIpc) is 3.26. The summed E-state index contributed by atoms with van der Waals surface area (Å²) in [4.78, 5) is 14.5. The van der Waals surface area contributed by atoms with Crippen molar-refractivity contribution in [3.8, 4) is 5.75 Å². The second-order valence-corrected chi connectivity index (χ2v) is 9.45. The van der Waals surface area contributed by atoms with Gasteiger partial charge in [-0.1, -0.05) is 17.7 Å². The molecule has 0 N–H and O–H groups in total. The van der Waals surface area contributed by atoms with Gasteiger partial charge in [-0.2, -0.15) is 0 Å². The molecule has 1 heterocycles. The summed E-state index contributed by atoms with van der Waals surface area (Å²) in [5.41, 5.74) is 2.10. The molecule has 0 aliphatic rings. The van der Waals surface area contributed by atoms with Crippen LogP contribution in [-0.4, -0.2) is 39.9 Å². The molecular weight excluding hydrogens is 428 g/mol. The Labute approximate surface area is 189 Å². The molecule has 0 unspecified atom stereocenters. The van der Waals surface area contributed by atoms with Gasteiger partial charge < -0.3 is 14.1 Å².